The lowest BCUT2D eigenvalue weighted by atomic mass is 9.93. The number of ether oxygens (including phenoxy) is 1. The first kappa shape index (κ1) is 22.1. The van der Waals surface area contributed by atoms with Crippen molar-refractivity contribution in [3.8, 4) is 11.1 Å². The normalized spacial score (nSPS) is 25.8. The lowest BCUT2D eigenvalue weighted by molar-refractivity contribution is -0.143. The summed E-state index contributed by atoms with van der Waals surface area (Å²) >= 11 is 0. The summed E-state index contributed by atoms with van der Waals surface area (Å²) in [6.45, 7) is 1.14. The van der Waals surface area contributed by atoms with Crippen LogP contribution in [0.15, 0.2) is 48.5 Å². The van der Waals surface area contributed by atoms with Crippen LogP contribution >= 0.6 is 0 Å². The number of carboxylic acids is 1. The van der Waals surface area contributed by atoms with Crippen LogP contribution in [0.4, 0.5) is 4.79 Å². The van der Waals surface area contributed by atoms with Crippen molar-refractivity contribution in [1.29, 1.82) is 0 Å². The fraction of sp³-hybridized carbons (Fsp3) is 0.464. The molecule has 3 aliphatic carbocycles. The third-order valence-electron chi connectivity index (χ3n) is 8.60. The highest BCUT2D eigenvalue weighted by Crippen LogP contribution is 2.56. The second-order valence-corrected chi connectivity index (χ2v) is 10.6. The highest BCUT2D eigenvalue weighted by atomic mass is 16.5. The number of hydrogen-bond acceptors (Lipinski definition) is 4. The molecule has 2 amide bonds. The SMILES string of the molecule is O=C(N[C@@H]1CC[C@H](C(=O)N2CC(C(=O)O)C3(CC3)C2)C1)OCC1c2ccccc2-c2ccccc21. The molecule has 4 aliphatic rings. The Hall–Kier alpha value is -3.35. The fourth-order valence-corrected chi connectivity index (χ4v) is 6.55. The number of carboxylic acid groups (broad SMARTS) is 1. The van der Waals surface area contributed by atoms with E-state index in [4.69, 9.17) is 4.74 Å². The molecule has 0 bridgehead atoms. The Balaban J connectivity index is 1.03. The number of likely N-dealkylation sites (tertiary alicyclic amines) is 1. The molecule has 6 rings (SSSR count). The molecule has 0 radical (unpaired) electrons. The van der Waals surface area contributed by atoms with Crippen LogP contribution in [0.2, 0.25) is 0 Å². The third kappa shape index (κ3) is 3.87. The van der Waals surface area contributed by atoms with Gasteiger partial charge in [0.1, 0.15) is 6.61 Å². The zero-order valence-electron chi connectivity index (χ0n) is 19.6. The lowest BCUT2D eigenvalue weighted by Gasteiger charge is -2.21. The van der Waals surface area contributed by atoms with Gasteiger partial charge >= 0.3 is 12.1 Å². The zero-order chi connectivity index (χ0) is 24.2. The smallest absolute Gasteiger partial charge is 0.407 e. The van der Waals surface area contributed by atoms with E-state index in [9.17, 15) is 19.5 Å². The molecule has 1 saturated heterocycles. The molecular formula is C28H30N2O5. The number of benzene rings is 2. The van der Waals surface area contributed by atoms with Gasteiger partial charge in [-0.05, 0) is 54.4 Å². The summed E-state index contributed by atoms with van der Waals surface area (Å²) in [6.07, 6.45) is 3.34. The number of amides is 2. The third-order valence-corrected chi connectivity index (χ3v) is 8.60. The quantitative estimate of drug-likeness (QED) is 0.683. The highest BCUT2D eigenvalue weighted by molar-refractivity contribution is 5.82. The second kappa shape index (κ2) is 8.40. The van der Waals surface area contributed by atoms with Crippen molar-refractivity contribution < 1.29 is 24.2 Å². The number of aliphatic carboxylic acids is 1. The monoisotopic (exact) mass is 474 g/mol. The Morgan fingerprint density at radius 3 is 2.26 bits per heavy atom. The molecule has 35 heavy (non-hydrogen) atoms. The number of nitrogens with zero attached hydrogens (tertiary/aromatic N) is 1. The Bertz CT molecular complexity index is 1140. The summed E-state index contributed by atoms with van der Waals surface area (Å²) in [6, 6.07) is 16.4. The van der Waals surface area contributed by atoms with E-state index in [1.807, 2.05) is 24.3 Å². The summed E-state index contributed by atoms with van der Waals surface area (Å²) in [4.78, 5) is 39.1. The van der Waals surface area contributed by atoms with Crippen LogP contribution in [0.3, 0.4) is 0 Å². The Morgan fingerprint density at radius 2 is 1.66 bits per heavy atom. The number of carbonyl (C=O) groups is 3. The molecule has 2 aromatic carbocycles. The molecule has 0 aromatic heterocycles. The van der Waals surface area contributed by atoms with E-state index in [0.717, 1.165) is 19.3 Å². The summed E-state index contributed by atoms with van der Waals surface area (Å²) in [7, 11) is 0. The molecular weight excluding hydrogens is 444 g/mol. The molecule has 2 aromatic rings. The van der Waals surface area contributed by atoms with Gasteiger partial charge in [0.15, 0.2) is 0 Å². The minimum absolute atomic E-state index is 0.0122. The molecule has 182 valence electrons. The van der Waals surface area contributed by atoms with Crippen molar-refractivity contribution in [3.05, 3.63) is 59.7 Å². The topological polar surface area (TPSA) is 95.9 Å². The standard InChI is InChI=1S/C28H30N2O5/c31-25(30-14-24(26(32)33)28(16-30)11-12-28)17-9-10-18(13-17)29-27(34)35-15-23-21-7-3-1-5-19(21)20-6-2-4-8-22(20)23/h1-8,17-18,23-24H,9-16H2,(H,29,34)(H,32,33)/t17-,18+,24?/m0/s1. The first-order chi connectivity index (χ1) is 16.9. The molecule has 1 spiro atoms. The van der Waals surface area contributed by atoms with E-state index >= 15 is 0 Å². The lowest BCUT2D eigenvalue weighted by Crippen LogP contribution is -2.37. The van der Waals surface area contributed by atoms with Crippen LogP contribution in [-0.2, 0) is 14.3 Å². The van der Waals surface area contributed by atoms with E-state index < -0.39 is 18.0 Å². The Labute approximate surface area is 204 Å². The average Bonchev–Trinajstić information content (AvgIpc) is 3.18. The maximum absolute atomic E-state index is 13.1. The summed E-state index contributed by atoms with van der Waals surface area (Å²) < 4.78 is 5.66. The van der Waals surface area contributed by atoms with Crippen LogP contribution < -0.4 is 5.32 Å². The summed E-state index contributed by atoms with van der Waals surface area (Å²) in [5.74, 6) is -1.35. The number of fused-ring (bicyclic) bond motifs is 3. The highest BCUT2D eigenvalue weighted by Gasteiger charge is 2.59. The predicted molar refractivity (Wildman–Crippen MR) is 129 cm³/mol. The van der Waals surface area contributed by atoms with Crippen molar-refractivity contribution in [3.63, 3.8) is 0 Å². The maximum atomic E-state index is 13.1. The van der Waals surface area contributed by atoms with Crippen molar-refractivity contribution in [2.45, 2.75) is 44.1 Å². The summed E-state index contributed by atoms with van der Waals surface area (Å²) in [5.41, 5.74) is 4.53. The predicted octanol–water partition coefficient (Wildman–Crippen LogP) is 4.02. The van der Waals surface area contributed by atoms with E-state index in [1.165, 1.54) is 22.3 Å². The van der Waals surface area contributed by atoms with Gasteiger partial charge in [-0.2, -0.15) is 0 Å². The van der Waals surface area contributed by atoms with Crippen LogP contribution in [0.5, 0.6) is 0 Å². The molecule has 3 atom stereocenters. The van der Waals surface area contributed by atoms with Gasteiger partial charge in [-0.1, -0.05) is 48.5 Å². The van der Waals surface area contributed by atoms with Crippen molar-refractivity contribution in [2.75, 3.05) is 19.7 Å². The molecule has 1 unspecified atom stereocenters. The van der Waals surface area contributed by atoms with Gasteiger partial charge < -0.3 is 20.1 Å². The van der Waals surface area contributed by atoms with Crippen molar-refractivity contribution in [2.24, 2.45) is 17.3 Å². The summed E-state index contributed by atoms with van der Waals surface area (Å²) in [5, 5.41) is 12.5. The number of carbonyl (C=O) groups excluding carboxylic acids is 2. The Kier molecular flexibility index (Phi) is 5.31. The van der Waals surface area contributed by atoms with E-state index in [0.29, 0.717) is 25.9 Å². The van der Waals surface area contributed by atoms with Crippen LogP contribution in [0, 0.1) is 17.3 Å². The van der Waals surface area contributed by atoms with Gasteiger partial charge in [0.25, 0.3) is 0 Å². The molecule has 7 heteroatoms. The van der Waals surface area contributed by atoms with E-state index in [1.54, 1.807) is 4.90 Å². The zero-order valence-corrected chi connectivity index (χ0v) is 19.6. The van der Waals surface area contributed by atoms with Gasteiger partial charge in [-0.3, -0.25) is 9.59 Å². The van der Waals surface area contributed by atoms with Crippen LogP contribution in [0.1, 0.15) is 49.1 Å². The van der Waals surface area contributed by atoms with Crippen molar-refractivity contribution >= 4 is 18.0 Å². The van der Waals surface area contributed by atoms with Gasteiger partial charge in [0.05, 0.1) is 5.92 Å². The molecule has 1 heterocycles. The molecule has 2 N–H and O–H groups in total. The molecule has 7 nitrogen and oxygen atoms in total. The molecule has 2 saturated carbocycles. The van der Waals surface area contributed by atoms with Crippen LogP contribution in [0.25, 0.3) is 11.1 Å². The van der Waals surface area contributed by atoms with Gasteiger partial charge in [-0.25, -0.2) is 4.79 Å². The second-order valence-electron chi connectivity index (χ2n) is 10.6. The van der Waals surface area contributed by atoms with E-state index in [2.05, 4.69) is 29.6 Å². The number of hydrogen-bond donors (Lipinski definition) is 2. The fourth-order valence-electron chi connectivity index (χ4n) is 6.55. The Morgan fingerprint density at radius 1 is 1.00 bits per heavy atom. The largest absolute Gasteiger partial charge is 0.481 e. The first-order valence-electron chi connectivity index (χ1n) is 12.6. The molecule has 1 aliphatic heterocycles. The maximum Gasteiger partial charge on any atom is 0.407 e. The molecule has 3 fully saturated rings. The number of rotatable bonds is 5. The minimum atomic E-state index is -0.793. The average molecular weight is 475 g/mol. The number of nitrogens with one attached hydrogen (secondary N) is 1. The van der Waals surface area contributed by atoms with E-state index in [-0.39, 0.29) is 35.8 Å². The van der Waals surface area contributed by atoms with Gasteiger partial charge in [-0.15, -0.1) is 0 Å². The van der Waals surface area contributed by atoms with Gasteiger partial charge in [0.2, 0.25) is 5.91 Å². The van der Waals surface area contributed by atoms with Crippen LogP contribution in [-0.4, -0.2) is 53.7 Å². The number of alkyl carbamates (subject to hydrolysis) is 1. The minimum Gasteiger partial charge on any atom is -0.481 e. The van der Waals surface area contributed by atoms with Crippen molar-refractivity contribution in [1.82, 2.24) is 10.2 Å². The first-order valence-corrected chi connectivity index (χ1v) is 12.6. The van der Waals surface area contributed by atoms with Gasteiger partial charge in [0, 0.05) is 36.4 Å².